The van der Waals surface area contributed by atoms with Crippen molar-refractivity contribution in [3.63, 3.8) is 0 Å². The minimum absolute atomic E-state index is 0. The van der Waals surface area contributed by atoms with Crippen LogP contribution in [0.25, 0.3) is 0 Å². The summed E-state index contributed by atoms with van der Waals surface area (Å²) in [6.45, 7) is 0. The molecule has 2 N–H and O–H groups in total. The zero-order valence-corrected chi connectivity index (χ0v) is 12.1. The molecule has 0 fully saturated rings. The van der Waals surface area contributed by atoms with Crippen LogP contribution in [0.15, 0.2) is 29.2 Å². The van der Waals surface area contributed by atoms with Gasteiger partial charge in [-0.15, -0.1) is 13.2 Å². The fourth-order valence-corrected chi connectivity index (χ4v) is 1.35. The summed E-state index contributed by atoms with van der Waals surface area (Å²) in [6, 6.07) is 3.59. The van der Waals surface area contributed by atoms with Crippen molar-refractivity contribution in [2.75, 3.05) is 0 Å². The smallest absolute Gasteiger partial charge is 0.406 e. The van der Waals surface area contributed by atoms with Gasteiger partial charge in [0, 0.05) is 51.4 Å². The maximum absolute atomic E-state index is 11.7. The molecular weight excluding hydrogens is 274 g/mol. The number of sulfonamides is 1. The van der Waals surface area contributed by atoms with Crippen LogP contribution >= 0.6 is 0 Å². The van der Waals surface area contributed by atoms with E-state index in [1.165, 1.54) is 0 Å². The van der Waals surface area contributed by atoms with Gasteiger partial charge in [-0.05, 0) is 24.3 Å². The molecule has 0 aliphatic rings. The van der Waals surface area contributed by atoms with Gasteiger partial charge in [-0.25, -0.2) is 13.6 Å². The molecule has 0 aliphatic carbocycles. The Hall–Kier alpha value is 0.356. The Kier molecular flexibility index (Phi) is 5.93. The van der Waals surface area contributed by atoms with E-state index in [-0.39, 0.29) is 56.3 Å². The number of halogens is 3. The van der Waals surface area contributed by atoms with E-state index in [0.717, 1.165) is 24.3 Å². The largest absolute Gasteiger partial charge is 0.573 e. The zero-order chi connectivity index (χ0) is 11.7. The molecule has 1 aromatic rings. The molecule has 1 rings (SSSR count). The molecule has 0 bridgehead atoms. The Morgan fingerprint density at radius 1 is 1.12 bits per heavy atom. The van der Waals surface area contributed by atoms with Gasteiger partial charge in [-0.1, -0.05) is 0 Å². The van der Waals surface area contributed by atoms with Gasteiger partial charge in [0.1, 0.15) is 5.75 Å². The fourth-order valence-electron chi connectivity index (χ4n) is 0.831. The van der Waals surface area contributed by atoms with Crippen molar-refractivity contribution in [2.45, 2.75) is 11.3 Å². The van der Waals surface area contributed by atoms with Crippen molar-refractivity contribution in [3.8, 4) is 5.75 Å². The van der Waals surface area contributed by atoms with Gasteiger partial charge in [-0.3, -0.25) is 0 Å². The van der Waals surface area contributed by atoms with Crippen LogP contribution in [0.1, 0.15) is 0 Å². The summed E-state index contributed by atoms with van der Waals surface area (Å²) in [5.41, 5.74) is 0. The number of nitrogens with two attached hydrogens (primary N) is 1. The third-order valence-electron chi connectivity index (χ3n) is 1.39. The van der Waals surface area contributed by atoms with Crippen molar-refractivity contribution in [2.24, 2.45) is 5.14 Å². The van der Waals surface area contributed by atoms with E-state index in [2.05, 4.69) is 4.74 Å². The molecule has 0 amide bonds. The molecule has 0 atom stereocenters. The Balaban J connectivity index is 0.00000225. The summed E-state index contributed by atoms with van der Waals surface area (Å²) >= 11 is 0. The van der Waals surface area contributed by atoms with Crippen LogP contribution in [-0.2, 0) is 10.0 Å². The predicted molar refractivity (Wildman–Crippen MR) is 50.3 cm³/mol. The Bertz CT molecular complexity index is 443. The van der Waals surface area contributed by atoms with Crippen LogP contribution in [-0.4, -0.2) is 66.2 Å². The fraction of sp³-hybridized carbons (Fsp3) is 0.143. The van der Waals surface area contributed by atoms with Crippen molar-refractivity contribution < 1.29 is 26.3 Å². The van der Waals surface area contributed by atoms with Gasteiger partial charge in [0.15, 0.2) is 0 Å². The number of alkyl halides is 3. The van der Waals surface area contributed by atoms with E-state index in [9.17, 15) is 21.6 Å². The number of rotatable bonds is 2. The minimum Gasteiger partial charge on any atom is -0.406 e. The second-order valence-electron chi connectivity index (χ2n) is 2.56. The van der Waals surface area contributed by atoms with E-state index in [1.54, 1.807) is 0 Å². The van der Waals surface area contributed by atoms with Crippen LogP contribution in [0.2, 0.25) is 0 Å². The topological polar surface area (TPSA) is 69.4 Å². The number of benzene rings is 1. The summed E-state index contributed by atoms with van der Waals surface area (Å²) in [7, 11) is -3.90. The summed E-state index contributed by atoms with van der Waals surface area (Å²) in [4.78, 5) is -0.281. The number of hydrogen-bond donors (Lipinski definition) is 1. The van der Waals surface area contributed by atoms with Gasteiger partial charge in [-0.2, -0.15) is 0 Å². The Morgan fingerprint density at radius 3 is 1.88 bits per heavy atom. The van der Waals surface area contributed by atoms with Crippen molar-refractivity contribution in [1.29, 1.82) is 0 Å². The molecule has 1 radical (unpaired) electrons. The molecule has 0 heterocycles. The van der Waals surface area contributed by atoms with E-state index in [1.807, 2.05) is 0 Å². The van der Waals surface area contributed by atoms with Gasteiger partial charge in [0.25, 0.3) is 0 Å². The third-order valence-corrected chi connectivity index (χ3v) is 2.32. The number of primary sulfonamides is 1. The minimum atomic E-state index is -4.80. The molecule has 0 unspecified atom stereocenters. The maximum atomic E-state index is 11.7. The van der Waals surface area contributed by atoms with E-state index in [0.29, 0.717) is 0 Å². The maximum Gasteiger partial charge on any atom is 0.573 e. The first-order valence-electron chi connectivity index (χ1n) is 3.57. The molecule has 85 valence electrons. The Morgan fingerprint density at radius 2 is 1.56 bits per heavy atom. The molecular formula is C7H6F3KNO3S. The third kappa shape index (κ3) is 5.62. The molecule has 0 aromatic heterocycles. The van der Waals surface area contributed by atoms with Crippen molar-refractivity contribution >= 4 is 61.4 Å². The molecule has 4 nitrogen and oxygen atoms in total. The molecule has 0 saturated heterocycles. The first kappa shape index (κ1) is 16.4. The summed E-state index contributed by atoms with van der Waals surface area (Å²) in [5, 5.41) is 4.74. The van der Waals surface area contributed by atoms with Gasteiger partial charge in [0.2, 0.25) is 10.0 Å². The Labute approximate surface area is 132 Å². The molecule has 0 spiro atoms. The van der Waals surface area contributed by atoms with E-state index in [4.69, 9.17) is 5.14 Å². The van der Waals surface area contributed by atoms with Crippen LogP contribution in [0.5, 0.6) is 5.75 Å². The van der Waals surface area contributed by atoms with Gasteiger partial charge >= 0.3 is 6.36 Å². The molecule has 16 heavy (non-hydrogen) atoms. The van der Waals surface area contributed by atoms with Gasteiger partial charge in [0.05, 0.1) is 4.90 Å². The van der Waals surface area contributed by atoms with Crippen LogP contribution in [0.3, 0.4) is 0 Å². The summed E-state index contributed by atoms with van der Waals surface area (Å²) in [5.74, 6) is -0.505. The van der Waals surface area contributed by atoms with Crippen LogP contribution in [0, 0.1) is 0 Å². The quantitative estimate of drug-likeness (QED) is 0.817. The zero-order valence-electron chi connectivity index (χ0n) is 8.15. The van der Waals surface area contributed by atoms with Crippen LogP contribution < -0.4 is 9.88 Å². The molecule has 1 aromatic carbocycles. The van der Waals surface area contributed by atoms with Crippen molar-refractivity contribution in [3.05, 3.63) is 24.3 Å². The summed E-state index contributed by atoms with van der Waals surface area (Å²) < 4.78 is 60.2. The van der Waals surface area contributed by atoms with E-state index < -0.39 is 22.1 Å². The monoisotopic (exact) mass is 280 g/mol. The first-order valence-corrected chi connectivity index (χ1v) is 5.12. The standard InChI is InChI=1S/C7H6F3NO3S.K/c8-7(9,10)14-5-1-3-6(4-2-5)15(11,12)13;/h1-4H,(H2,11,12,13);. The summed E-state index contributed by atoms with van der Waals surface area (Å²) in [6.07, 6.45) is -4.80. The molecule has 0 saturated carbocycles. The van der Waals surface area contributed by atoms with E-state index >= 15 is 0 Å². The molecule has 0 aliphatic heterocycles. The number of ether oxygens (including phenoxy) is 1. The van der Waals surface area contributed by atoms with Gasteiger partial charge < -0.3 is 4.74 Å². The SMILES string of the molecule is NS(=O)(=O)c1ccc(OC(F)(F)F)cc1.[K]. The second-order valence-corrected chi connectivity index (χ2v) is 4.13. The second kappa shape index (κ2) is 5.80. The van der Waals surface area contributed by atoms with Crippen molar-refractivity contribution in [1.82, 2.24) is 0 Å². The average molecular weight is 280 g/mol. The first-order chi connectivity index (χ1) is 6.68. The van der Waals surface area contributed by atoms with Crippen LogP contribution in [0.4, 0.5) is 13.2 Å². The number of hydrogen-bond acceptors (Lipinski definition) is 3. The predicted octanol–water partition coefficient (Wildman–Crippen LogP) is 0.852. The average Bonchev–Trinajstić information content (AvgIpc) is 2.00. The molecule has 9 heteroatoms. The normalized spacial score (nSPS) is 11.8.